The molecule has 0 unspecified atom stereocenters. The van der Waals surface area contributed by atoms with Crippen LogP contribution >= 0.6 is 0 Å². The standard InChI is InChI=1S/C22H19F3N4O3/c1-12(19(30)27-15-6-4-5-14(10-15)22(23,24)25)29-20(31)18(28-21(29)32)9-13-11-26-17-8-3-2-7-16(13)17/h2-8,10-12,18,26H,9H2,1H3,(H,27,30)(H,28,32)/t12-,18-/m0/s1. The van der Waals surface area contributed by atoms with Crippen LogP contribution in [-0.4, -0.2) is 39.8 Å². The Morgan fingerprint density at radius 3 is 2.66 bits per heavy atom. The van der Waals surface area contributed by atoms with Crippen LogP contribution in [-0.2, 0) is 22.2 Å². The first-order valence-electron chi connectivity index (χ1n) is 9.82. The maximum atomic E-state index is 12.9. The molecule has 166 valence electrons. The van der Waals surface area contributed by atoms with Gasteiger partial charge in [-0.2, -0.15) is 13.2 Å². The van der Waals surface area contributed by atoms with E-state index in [1.165, 1.54) is 13.0 Å². The fourth-order valence-corrected chi connectivity index (χ4v) is 3.71. The van der Waals surface area contributed by atoms with E-state index in [2.05, 4.69) is 15.6 Å². The van der Waals surface area contributed by atoms with Gasteiger partial charge in [0.15, 0.2) is 0 Å². The highest BCUT2D eigenvalue weighted by molar-refractivity contribution is 6.09. The Morgan fingerprint density at radius 1 is 1.16 bits per heavy atom. The summed E-state index contributed by atoms with van der Waals surface area (Å²) < 4.78 is 38.7. The van der Waals surface area contributed by atoms with E-state index in [4.69, 9.17) is 0 Å². The van der Waals surface area contributed by atoms with Crippen LogP contribution < -0.4 is 10.6 Å². The van der Waals surface area contributed by atoms with Gasteiger partial charge in [0.2, 0.25) is 5.91 Å². The Labute approximate surface area is 180 Å². The van der Waals surface area contributed by atoms with Gasteiger partial charge in [-0.15, -0.1) is 0 Å². The molecule has 0 spiro atoms. The average molecular weight is 444 g/mol. The van der Waals surface area contributed by atoms with Gasteiger partial charge in [0, 0.05) is 29.2 Å². The van der Waals surface area contributed by atoms with Gasteiger partial charge in [-0.1, -0.05) is 24.3 Å². The van der Waals surface area contributed by atoms with Crippen LogP contribution in [0.5, 0.6) is 0 Å². The molecule has 0 bridgehead atoms. The second-order valence-corrected chi connectivity index (χ2v) is 7.52. The summed E-state index contributed by atoms with van der Waals surface area (Å²) in [6.45, 7) is 1.34. The zero-order valence-electron chi connectivity index (χ0n) is 16.9. The van der Waals surface area contributed by atoms with Gasteiger partial charge in [0.25, 0.3) is 5.91 Å². The topological polar surface area (TPSA) is 94.3 Å². The maximum absolute atomic E-state index is 12.9. The molecule has 10 heteroatoms. The molecule has 32 heavy (non-hydrogen) atoms. The first-order chi connectivity index (χ1) is 15.1. The van der Waals surface area contributed by atoms with Gasteiger partial charge in [-0.3, -0.25) is 14.5 Å². The van der Waals surface area contributed by atoms with Crippen molar-refractivity contribution < 1.29 is 27.6 Å². The van der Waals surface area contributed by atoms with Crippen molar-refractivity contribution in [3.8, 4) is 0 Å². The van der Waals surface area contributed by atoms with Crippen molar-refractivity contribution in [1.29, 1.82) is 0 Å². The molecule has 3 N–H and O–H groups in total. The van der Waals surface area contributed by atoms with E-state index >= 15 is 0 Å². The average Bonchev–Trinajstić information content (AvgIpc) is 3.28. The summed E-state index contributed by atoms with van der Waals surface area (Å²) in [6.07, 6.45) is -2.57. The number of fused-ring (bicyclic) bond motifs is 1. The smallest absolute Gasteiger partial charge is 0.361 e. The van der Waals surface area contributed by atoms with Gasteiger partial charge >= 0.3 is 12.2 Å². The molecule has 2 heterocycles. The van der Waals surface area contributed by atoms with Crippen molar-refractivity contribution in [2.45, 2.75) is 31.6 Å². The quantitative estimate of drug-likeness (QED) is 0.524. The summed E-state index contributed by atoms with van der Waals surface area (Å²) >= 11 is 0. The largest absolute Gasteiger partial charge is 0.416 e. The van der Waals surface area contributed by atoms with E-state index < -0.39 is 41.7 Å². The van der Waals surface area contributed by atoms with Crippen molar-refractivity contribution in [2.75, 3.05) is 5.32 Å². The minimum atomic E-state index is -4.56. The summed E-state index contributed by atoms with van der Waals surface area (Å²) in [5.41, 5.74) is 0.725. The number of alkyl halides is 3. The molecule has 1 aromatic heterocycles. The van der Waals surface area contributed by atoms with E-state index in [0.717, 1.165) is 39.6 Å². The number of amides is 4. The molecule has 7 nitrogen and oxygen atoms in total. The lowest BCUT2D eigenvalue weighted by atomic mass is 10.0. The second-order valence-electron chi connectivity index (χ2n) is 7.52. The molecule has 1 saturated heterocycles. The molecule has 0 aliphatic carbocycles. The lowest BCUT2D eigenvalue weighted by Gasteiger charge is -2.21. The molecule has 4 amide bonds. The third kappa shape index (κ3) is 4.03. The Morgan fingerprint density at radius 2 is 1.91 bits per heavy atom. The third-order valence-corrected chi connectivity index (χ3v) is 5.38. The highest BCUT2D eigenvalue weighted by atomic mass is 19.4. The molecule has 2 atom stereocenters. The second kappa shape index (κ2) is 8.03. The number of nitrogens with one attached hydrogen (secondary N) is 3. The number of hydrogen-bond acceptors (Lipinski definition) is 3. The normalized spacial score (nSPS) is 17.5. The Kier molecular flexibility index (Phi) is 5.37. The fraction of sp³-hybridized carbons (Fsp3) is 0.227. The minimum absolute atomic E-state index is 0.0842. The van der Waals surface area contributed by atoms with Crippen LogP contribution in [0.1, 0.15) is 18.1 Å². The van der Waals surface area contributed by atoms with Gasteiger partial charge < -0.3 is 15.6 Å². The number of halogens is 3. The summed E-state index contributed by atoms with van der Waals surface area (Å²) in [5.74, 6) is -1.35. The monoisotopic (exact) mass is 444 g/mol. The minimum Gasteiger partial charge on any atom is -0.361 e. The third-order valence-electron chi connectivity index (χ3n) is 5.38. The summed E-state index contributed by atoms with van der Waals surface area (Å²) in [4.78, 5) is 41.8. The summed E-state index contributed by atoms with van der Waals surface area (Å²) in [6, 6.07) is 8.84. The molecule has 4 rings (SSSR count). The molecule has 3 aromatic rings. The number of carbonyl (C=O) groups excluding carboxylic acids is 3. The molecule has 1 aliphatic heterocycles. The van der Waals surface area contributed by atoms with Gasteiger partial charge in [0.05, 0.1) is 5.56 Å². The lowest BCUT2D eigenvalue weighted by Crippen LogP contribution is -2.46. The predicted molar refractivity (Wildman–Crippen MR) is 111 cm³/mol. The van der Waals surface area contributed by atoms with Crippen molar-refractivity contribution in [1.82, 2.24) is 15.2 Å². The van der Waals surface area contributed by atoms with E-state index in [1.807, 2.05) is 24.3 Å². The van der Waals surface area contributed by atoms with Crippen LogP contribution in [0, 0.1) is 0 Å². The highest BCUT2D eigenvalue weighted by Crippen LogP contribution is 2.31. The van der Waals surface area contributed by atoms with Crippen LogP contribution in [0.25, 0.3) is 10.9 Å². The summed E-state index contributed by atoms with van der Waals surface area (Å²) in [5, 5.41) is 5.84. The number of aromatic amines is 1. The van der Waals surface area contributed by atoms with E-state index in [1.54, 1.807) is 6.20 Å². The molecule has 0 saturated carbocycles. The van der Waals surface area contributed by atoms with E-state index in [9.17, 15) is 27.6 Å². The van der Waals surface area contributed by atoms with Crippen molar-refractivity contribution >= 4 is 34.4 Å². The number of imide groups is 1. The number of urea groups is 1. The molecular weight excluding hydrogens is 425 g/mol. The number of benzene rings is 2. The predicted octanol–water partition coefficient (Wildman–Crippen LogP) is 3.68. The maximum Gasteiger partial charge on any atom is 0.416 e. The number of H-pyrrole nitrogens is 1. The van der Waals surface area contributed by atoms with Crippen molar-refractivity contribution in [2.24, 2.45) is 0 Å². The SMILES string of the molecule is C[C@@H](C(=O)Nc1cccc(C(F)(F)F)c1)N1C(=O)N[C@@H](Cc2c[nH]c3ccccc23)C1=O. The first kappa shape index (κ1) is 21.4. The van der Waals surface area contributed by atoms with Crippen LogP contribution in [0.2, 0.25) is 0 Å². The van der Waals surface area contributed by atoms with E-state index in [-0.39, 0.29) is 12.1 Å². The van der Waals surface area contributed by atoms with Gasteiger partial charge in [0.1, 0.15) is 12.1 Å². The number of para-hydroxylation sites is 1. The van der Waals surface area contributed by atoms with Crippen LogP contribution in [0.4, 0.5) is 23.7 Å². The molecule has 0 radical (unpaired) electrons. The highest BCUT2D eigenvalue weighted by Gasteiger charge is 2.43. The number of hydrogen-bond donors (Lipinski definition) is 3. The zero-order valence-corrected chi connectivity index (χ0v) is 16.9. The number of rotatable bonds is 5. The van der Waals surface area contributed by atoms with Crippen LogP contribution in [0.15, 0.2) is 54.7 Å². The van der Waals surface area contributed by atoms with Gasteiger partial charge in [-0.05, 0) is 36.8 Å². The number of aromatic nitrogens is 1. The number of anilines is 1. The summed E-state index contributed by atoms with van der Waals surface area (Å²) in [7, 11) is 0. The fourth-order valence-electron chi connectivity index (χ4n) is 3.71. The number of nitrogens with zero attached hydrogens (tertiary/aromatic N) is 1. The van der Waals surface area contributed by atoms with E-state index in [0.29, 0.717) is 0 Å². The van der Waals surface area contributed by atoms with Crippen molar-refractivity contribution in [3.63, 3.8) is 0 Å². The Hall–Kier alpha value is -3.82. The Bertz CT molecular complexity index is 1200. The lowest BCUT2D eigenvalue weighted by molar-refractivity contribution is -0.137. The molecule has 1 fully saturated rings. The molecule has 2 aromatic carbocycles. The van der Waals surface area contributed by atoms with Crippen molar-refractivity contribution in [3.05, 3.63) is 65.9 Å². The van der Waals surface area contributed by atoms with Crippen LogP contribution in [0.3, 0.4) is 0 Å². The molecular formula is C22H19F3N4O3. The zero-order chi connectivity index (χ0) is 23.0. The van der Waals surface area contributed by atoms with Gasteiger partial charge in [-0.25, -0.2) is 4.79 Å². The molecule has 1 aliphatic rings. The number of carbonyl (C=O) groups is 3. The first-order valence-corrected chi connectivity index (χ1v) is 9.82. The Balaban J connectivity index is 1.47.